The maximum Gasteiger partial charge on any atom is 0.127 e. The first-order chi connectivity index (χ1) is 8.48. The molecule has 4 heteroatoms. The summed E-state index contributed by atoms with van der Waals surface area (Å²) in [4.78, 5) is 0. The number of nitriles is 1. The Kier molecular flexibility index (Phi) is 5.26. The standard InChI is InChI=1S/C14H19FN2O/c1-3-6-14(2,18)10-17-9-12-7-11(8-16)4-5-13(12)15/h4-5,7,17-18H,3,6,9-10H2,1-2H3. The van der Waals surface area contributed by atoms with Crippen molar-refractivity contribution in [2.45, 2.75) is 38.8 Å². The van der Waals surface area contributed by atoms with Crippen LogP contribution in [0.2, 0.25) is 0 Å². The number of halogens is 1. The highest BCUT2D eigenvalue weighted by molar-refractivity contribution is 5.33. The lowest BCUT2D eigenvalue weighted by Crippen LogP contribution is -2.37. The van der Waals surface area contributed by atoms with Crippen LogP contribution in [0.3, 0.4) is 0 Å². The molecule has 2 N–H and O–H groups in total. The Morgan fingerprint density at radius 2 is 2.22 bits per heavy atom. The van der Waals surface area contributed by atoms with Gasteiger partial charge in [0.15, 0.2) is 0 Å². The molecular formula is C14H19FN2O. The van der Waals surface area contributed by atoms with Gasteiger partial charge in [0.05, 0.1) is 17.2 Å². The smallest absolute Gasteiger partial charge is 0.127 e. The van der Waals surface area contributed by atoms with Crippen LogP contribution in [0.1, 0.15) is 37.8 Å². The normalized spacial score (nSPS) is 13.9. The summed E-state index contributed by atoms with van der Waals surface area (Å²) in [5, 5.41) is 21.7. The van der Waals surface area contributed by atoms with E-state index in [0.29, 0.717) is 30.6 Å². The van der Waals surface area contributed by atoms with Gasteiger partial charge in [-0.05, 0) is 31.5 Å². The molecule has 0 radical (unpaired) electrons. The monoisotopic (exact) mass is 250 g/mol. The topological polar surface area (TPSA) is 56.0 Å². The van der Waals surface area contributed by atoms with Crippen LogP contribution in [0.5, 0.6) is 0 Å². The third kappa shape index (κ3) is 4.44. The van der Waals surface area contributed by atoms with Crippen molar-refractivity contribution in [2.24, 2.45) is 0 Å². The summed E-state index contributed by atoms with van der Waals surface area (Å²) >= 11 is 0. The van der Waals surface area contributed by atoms with Crippen molar-refractivity contribution in [1.82, 2.24) is 5.32 Å². The summed E-state index contributed by atoms with van der Waals surface area (Å²) < 4.78 is 13.5. The van der Waals surface area contributed by atoms with E-state index < -0.39 is 5.60 Å². The van der Waals surface area contributed by atoms with Gasteiger partial charge in [0.2, 0.25) is 0 Å². The van der Waals surface area contributed by atoms with Crippen molar-refractivity contribution >= 4 is 0 Å². The molecule has 3 nitrogen and oxygen atoms in total. The molecule has 1 rings (SSSR count). The fraction of sp³-hybridized carbons (Fsp3) is 0.500. The Hall–Kier alpha value is -1.44. The molecule has 0 aliphatic heterocycles. The van der Waals surface area contributed by atoms with E-state index >= 15 is 0 Å². The van der Waals surface area contributed by atoms with Crippen molar-refractivity contribution in [2.75, 3.05) is 6.54 Å². The number of hydrogen-bond donors (Lipinski definition) is 2. The third-order valence-corrected chi connectivity index (χ3v) is 2.78. The molecule has 0 saturated carbocycles. The van der Waals surface area contributed by atoms with Crippen LogP contribution < -0.4 is 5.32 Å². The largest absolute Gasteiger partial charge is 0.389 e. The molecule has 0 aromatic heterocycles. The van der Waals surface area contributed by atoms with E-state index in [1.165, 1.54) is 18.2 Å². The first-order valence-corrected chi connectivity index (χ1v) is 6.10. The van der Waals surface area contributed by atoms with Crippen LogP contribution in [0.25, 0.3) is 0 Å². The van der Waals surface area contributed by atoms with Crippen molar-refractivity contribution in [1.29, 1.82) is 5.26 Å². The van der Waals surface area contributed by atoms with Crippen molar-refractivity contribution in [3.63, 3.8) is 0 Å². The second-order valence-corrected chi connectivity index (χ2v) is 4.77. The molecule has 1 unspecified atom stereocenters. The molecule has 0 spiro atoms. The number of aliphatic hydroxyl groups is 1. The van der Waals surface area contributed by atoms with Crippen LogP contribution in [0.4, 0.5) is 4.39 Å². The maximum atomic E-state index is 13.5. The third-order valence-electron chi connectivity index (χ3n) is 2.78. The van der Waals surface area contributed by atoms with Crippen LogP contribution in [0, 0.1) is 17.1 Å². The average molecular weight is 250 g/mol. The number of nitrogens with zero attached hydrogens (tertiary/aromatic N) is 1. The zero-order valence-corrected chi connectivity index (χ0v) is 10.8. The molecule has 98 valence electrons. The summed E-state index contributed by atoms with van der Waals surface area (Å²) in [6.07, 6.45) is 1.59. The lowest BCUT2D eigenvalue weighted by molar-refractivity contribution is 0.0497. The van der Waals surface area contributed by atoms with Gasteiger partial charge >= 0.3 is 0 Å². The molecule has 0 bridgehead atoms. The van der Waals surface area contributed by atoms with Crippen LogP contribution >= 0.6 is 0 Å². The summed E-state index contributed by atoms with van der Waals surface area (Å²) in [6, 6.07) is 6.24. The summed E-state index contributed by atoms with van der Waals surface area (Å²) in [7, 11) is 0. The molecule has 1 atom stereocenters. The predicted octanol–water partition coefficient (Wildman–Crippen LogP) is 2.34. The van der Waals surface area contributed by atoms with E-state index in [1.54, 1.807) is 6.92 Å². The fourth-order valence-corrected chi connectivity index (χ4v) is 1.87. The van der Waals surface area contributed by atoms with Crippen molar-refractivity contribution in [3.05, 3.63) is 35.1 Å². The number of nitrogens with one attached hydrogen (secondary N) is 1. The zero-order valence-electron chi connectivity index (χ0n) is 10.8. The van der Waals surface area contributed by atoms with Crippen LogP contribution in [-0.2, 0) is 6.54 Å². The second kappa shape index (κ2) is 6.48. The van der Waals surface area contributed by atoms with Crippen molar-refractivity contribution < 1.29 is 9.50 Å². The highest BCUT2D eigenvalue weighted by Crippen LogP contribution is 2.12. The summed E-state index contributed by atoms with van der Waals surface area (Å²) in [6.45, 7) is 4.47. The molecule has 1 aromatic carbocycles. The SMILES string of the molecule is CCCC(C)(O)CNCc1cc(C#N)ccc1F. The Bertz CT molecular complexity index is 438. The Balaban J connectivity index is 2.56. The van der Waals surface area contributed by atoms with E-state index in [-0.39, 0.29) is 5.82 Å². The number of rotatable bonds is 6. The predicted molar refractivity (Wildman–Crippen MR) is 68.4 cm³/mol. The molecule has 0 saturated heterocycles. The summed E-state index contributed by atoms with van der Waals surface area (Å²) in [5.74, 6) is -0.336. The summed E-state index contributed by atoms with van der Waals surface area (Å²) in [5.41, 5.74) is 0.104. The molecule has 0 aliphatic rings. The minimum atomic E-state index is -0.780. The quantitative estimate of drug-likeness (QED) is 0.814. The Labute approximate surface area is 107 Å². The van der Waals surface area contributed by atoms with Gasteiger partial charge in [-0.25, -0.2) is 4.39 Å². The maximum absolute atomic E-state index is 13.5. The van der Waals surface area contributed by atoms with Crippen LogP contribution in [0.15, 0.2) is 18.2 Å². The van der Waals surface area contributed by atoms with Gasteiger partial charge in [-0.2, -0.15) is 5.26 Å². The lowest BCUT2D eigenvalue weighted by atomic mass is 10.0. The lowest BCUT2D eigenvalue weighted by Gasteiger charge is -2.23. The minimum absolute atomic E-state index is 0.307. The highest BCUT2D eigenvalue weighted by atomic mass is 19.1. The van der Waals surface area contributed by atoms with Crippen LogP contribution in [-0.4, -0.2) is 17.3 Å². The molecule has 1 aromatic rings. The molecule has 18 heavy (non-hydrogen) atoms. The average Bonchev–Trinajstić information content (AvgIpc) is 2.31. The van der Waals surface area contributed by atoms with E-state index in [4.69, 9.17) is 5.26 Å². The number of benzene rings is 1. The molecule has 0 amide bonds. The molecule has 0 fully saturated rings. The van der Waals surface area contributed by atoms with Crippen molar-refractivity contribution in [3.8, 4) is 6.07 Å². The molecule has 0 aliphatic carbocycles. The van der Waals surface area contributed by atoms with Gasteiger partial charge in [-0.15, -0.1) is 0 Å². The van der Waals surface area contributed by atoms with Gasteiger partial charge in [0, 0.05) is 18.7 Å². The first-order valence-electron chi connectivity index (χ1n) is 6.10. The van der Waals surface area contributed by atoms with Gasteiger partial charge in [0.25, 0.3) is 0 Å². The molecule has 0 heterocycles. The van der Waals surface area contributed by atoms with Gasteiger partial charge in [0.1, 0.15) is 5.82 Å². The second-order valence-electron chi connectivity index (χ2n) is 4.77. The molecular weight excluding hydrogens is 231 g/mol. The highest BCUT2D eigenvalue weighted by Gasteiger charge is 2.18. The van der Waals surface area contributed by atoms with Gasteiger partial charge < -0.3 is 10.4 Å². The first kappa shape index (κ1) is 14.6. The van der Waals surface area contributed by atoms with E-state index in [9.17, 15) is 9.50 Å². The van der Waals surface area contributed by atoms with E-state index in [0.717, 1.165) is 6.42 Å². The van der Waals surface area contributed by atoms with Gasteiger partial charge in [-0.1, -0.05) is 13.3 Å². The zero-order chi connectivity index (χ0) is 13.6. The fourth-order valence-electron chi connectivity index (χ4n) is 1.87. The Morgan fingerprint density at radius 3 is 2.83 bits per heavy atom. The van der Waals surface area contributed by atoms with Gasteiger partial charge in [-0.3, -0.25) is 0 Å². The van der Waals surface area contributed by atoms with E-state index in [1.807, 2.05) is 13.0 Å². The van der Waals surface area contributed by atoms with E-state index in [2.05, 4.69) is 5.32 Å². The Morgan fingerprint density at radius 1 is 1.50 bits per heavy atom. The number of hydrogen-bond acceptors (Lipinski definition) is 3. The minimum Gasteiger partial charge on any atom is -0.389 e.